The number of hydrogen-bond donors (Lipinski definition) is 1. The quantitative estimate of drug-likeness (QED) is 0.433. The number of nitrogens with one attached hydrogen (secondary N) is 1. The van der Waals surface area contributed by atoms with Crippen LogP contribution in [0.2, 0.25) is 0 Å². The second-order valence-electron chi connectivity index (χ2n) is 7.60. The maximum Gasteiger partial charge on any atom is 0.282 e. The molecule has 0 bridgehead atoms. The number of anilines is 2. The van der Waals surface area contributed by atoms with Gasteiger partial charge in [0.1, 0.15) is 23.0 Å². The Kier molecular flexibility index (Phi) is 6.92. The molecular formula is C27H25FN2O4. The zero-order valence-electron chi connectivity index (χ0n) is 19.0. The van der Waals surface area contributed by atoms with Gasteiger partial charge in [-0.2, -0.15) is 0 Å². The monoisotopic (exact) mass is 460 g/mol. The lowest BCUT2D eigenvalue weighted by atomic mass is 10.0. The van der Waals surface area contributed by atoms with Crippen LogP contribution >= 0.6 is 0 Å². The van der Waals surface area contributed by atoms with Gasteiger partial charge >= 0.3 is 0 Å². The SMILES string of the molecule is CCCOc1ccc(C2=C(Nc3ccc(OCC)cc3)C(=O)N(c3ccccc3F)C2=O)cc1. The summed E-state index contributed by atoms with van der Waals surface area (Å²) in [5, 5.41) is 3.07. The predicted octanol–water partition coefficient (Wildman–Crippen LogP) is 5.41. The Morgan fingerprint density at radius 2 is 1.47 bits per heavy atom. The molecule has 2 amide bonds. The first-order valence-electron chi connectivity index (χ1n) is 11.1. The zero-order chi connectivity index (χ0) is 24.1. The van der Waals surface area contributed by atoms with Crippen molar-refractivity contribution < 1.29 is 23.5 Å². The van der Waals surface area contributed by atoms with Gasteiger partial charge in [-0.15, -0.1) is 0 Å². The van der Waals surface area contributed by atoms with Gasteiger partial charge in [0.05, 0.1) is 24.5 Å². The highest BCUT2D eigenvalue weighted by molar-refractivity contribution is 6.46. The summed E-state index contributed by atoms with van der Waals surface area (Å²) in [4.78, 5) is 27.7. The number of carbonyl (C=O) groups excluding carboxylic acids is 2. The van der Waals surface area contributed by atoms with Crippen LogP contribution in [-0.2, 0) is 9.59 Å². The van der Waals surface area contributed by atoms with Gasteiger partial charge in [-0.25, -0.2) is 9.29 Å². The molecule has 3 aromatic carbocycles. The van der Waals surface area contributed by atoms with Crippen molar-refractivity contribution in [1.29, 1.82) is 0 Å². The van der Waals surface area contributed by atoms with E-state index in [9.17, 15) is 14.0 Å². The molecule has 0 fully saturated rings. The van der Waals surface area contributed by atoms with Crippen molar-refractivity contribution in [2.24, 2.45) is 0 Å². The van der Waals surface area contributed by atoms with Crippen LogP contribution in [0, 0.1) is 5.82 Å². The number of ether oxygens (including phenoxy) is 2. The highest BCUT2D eigenvalue weighted by atomic mass is 19.1. The topological polar surface area (TPSA) is 67.9 Å². The van der Waals surface area contributed by atoms with Crippen LogP contribution in [0.5, 0.6) is 11.5 Å². The third kappa shape index (κ3) is 4.64. The van der Waals surface area contributed by atoms with Gasteiger partial charge in [0.15, 0.2) is 0 Å². The van der Waals surface area contributed by atoms with E-state index in [-0.39, 0.29) is 17.0 Å². The van der Waals surface area contributed by atoms with E-state index in [0.717, 1.165) is 11.3 Å². The van der Waals surface area contributed by atoms with Crippen molar-refractivity contribution in [3.8, 4) is 11.5 Å². The smallest absolute Gasteiger partial charge is 0.282 e. The molecule has 1 aliphatic rings. The second-order valence-corrected chi connectivity index (χ2v) is 7.60. The number of hydrogen-bond acceptors (Lipinski definition) is 5. The summed E-state index contributed by atoms with van der Waals surface area (Å²) in [6.45, 7) is 5.01. The van der Waals surface area contributed by atoms with E-state index in [2.05, 4.69) is 5.32 Å². The van der Waals surface area contributed by atoms with Crippen LogP contribution < -0.4 is 19.7 Å². The zero-order valence-corrected chi connectivity index (χ0v) is 19.0. The summed E-state index contributed by atoms with van der Waals surface area (Å²) in [6, 6.07) is 19.7. The molecule has 6 nitrogen and oxygen atoms in total. The Labute approximate surface area is 197 Å². The lowest BCUT2D eigenvalue weighted by Gasteiger charge is -2.16. The Morgan fingerprint density at radius 3 is 2.12 bits per heavy atom. The number of para-hydroxylation sites is 1. The van der Waals surface area contributed by atoms with Crippen molar-refractivity contribution in [1.82, 2.24) is 0 Å². The molecule has 1 N–H and O–H groups in total. The first-order valence-corrected chi connectivity index (χ1v) is 11.1. The van der Waals surface area contributed by atoms with Crippen molar-refractivity contribution >= 4 is 28.8 Å². The van der Waals surface area contributed by atoms with Gasteiger partial charge in [0, 0.05) is 5.69 Å². The molecule has 0 atom stereocenters. The predicted molar refractivity (Wildman–Crippen MR) is 129 cm³/mol. The van der Waals surface area contributed by atoms with E-state index >= 15 is 0 Å². The largest absolute Gasteiger partial charge is 0.494 e. The van der Waals surface area contributed by atoms with E-state index in [4.69, 9.17) is 9.47 Å². The van der Waals surface area contributed by atoms with E-state index in [1.165, 1.54) is 18.2 Å². The first-order chi connectivity index (χ1) is 16.5. The highest BCUT2D eigenvalue weighted by Crippen LogP contribution is 2.35. The molecule has 0 aromatic heterocycles. The standard InChI is InChI=1S/C27H25FN2O4/c1-3-17-34-21-13-9-18(10-14-21)24-25(29-19-11-15-20(16-12-19)33-4-2)27(32)30(26(24)31)23-8-6-5-7-22(23)28/h5-16,29H,3-4,17H2,1-2H3. The molecule has 0 unspecified atom stereocenters. The second kappa shape index (κ2) is 10.2. The van der Waals surface area contributed by atoms with E-state index in [1.807, 2.05) is 13.8 Å². The lowest BCUT2D eigenvalue weighted by Crippen LogP contribution is -2.33. The number of imide groups is 1. The maximum atomic E-state index is 14.5. The van der Waals surface area contributed by atoms with E-state index in [1.54, 1.807) is 54.6 Å². The molecule has 0 saturated heterocycles. The van der Waals surface area contributed by atoms with Crippen LogP contribution in [-0.4, -0.2) is 25.0 Å². The average Bonchev–Trinajstić information content (AvgIpc) is 3.09. The molecule has 3 aromatic rings. The van der Waals surface area contributed by atoms with Crippen molar-refractivity contribution in [2.45, 2.75) is 20.3 Å². The molecule has 0 saturated carbocycles. The highest BCUT2D eigenvalue weighted by Gasteiger charge is 2.41. The van der Waals surface area contributed by atoms with Gasteiger partial charge in [0.2, 0.25) is 0 Å². The Balaban J connectivity index is 1.74. The number of nitrogens with zero attached hydrogens (tertiary/aromatic N) is 1. The Hall–Kier alpha value is -4.13. The fourth-order valence-electron chi connectivity index (χ4n) is 3.65. The van der Waals surface area contributed by atoms with Gasteiger partial charge < -0.3 is 14.8 Å². The number of benzene rings is 3. The fraction of sp³-hybridized carbons (Fsp3) is 0.185. The third-order valence-electron chi connectivity index (χ3n) is 5.23. The average molecular weight is 461 g/mol. The van der Waals surface area contributed by atoms with Gasteiger partial charge in [-0.1, -0.05) is 31.2 Å². The van der Waals surface area contributed by atoms with E-state index in [0.29, 0.717) is 36.0 Å². The molecule has 0 radical (unpaired) electrons. The summed E-state index contributed by atoms with van der Waals surface area (Å²) in [5.74, 6) is -0.549. The summed E-state index contributed by atoms with van der Waals surface area (Å²) < 4.78 is 25.6. The summed E-state index contributed by atoms with van der Waals surface area (Å²) in [6.07, 6.45) is 0.869. The minimum absolute atomic E-state index is 0.0691. The van der Waals surface area contributed by atoms with Crippen LogP contribution in [0.4, 0.5) is 15.8 Å². The van der Waals surface area contributed by atoms with Crippen LogP contribution in [0.25, 0.3) is 5.57 Å². The van der Waals surface area contributed by atoms with Crippen LogP contribution in [0.3, 0.4) is 0 Å². The summed E-state index contributed by atoms with van der Waals surface area (Å²) in [5.41, 5.74) is 1.25. The fourth-order valence-corrected chi connectivity index (χ4v) is 3.65. The first kappa shape index (κ1) is 23.0. The minimum Gasteiger partial charge on any atom is -0.494 e. The number of carbonyl (C=O) groups is 2. The number of rotatable bonds is 9. The normalized spacial score (nSPS) is 13.4. The van der Waals surface area contributed by atoms with Crippen LogP contribution in [0.15, 0.2) is 78.5 Å². The van der Waals surface area contributed by atoms with E-state index < -0.39 is 17.6 Å². The molecule has 0 spiro atoms. The molecule has 4 rings (SSSR count). The molecule has 1 heterocycles. The summed E-state index contributed by atoms with van der Waals surface area (Å²) >= 11 is 0. The minimum atomic E-state index is -0.658. The third-order valence-corrected chi connectivity index (χ3v) is 5.23. The van der Waals surface area contributed by atoms with Crippen molar-refractivity contribution in [3.63, 3.8) is 0 Å². The van der Waals surface area contributed by atoms with Crippen molar-refractivity contribution in [3.05, 3.63) is 89.9 Å². The molecule has 7 heteroatoms. The maximum absolute atomic E-state index is 14.5. The number of amides is 2. The Bertz CT molecular complexity index is 1220. The van der Waals surface area contributed by atoms with Gasteiger partial charge in [-0.05, 0) is 67.4 Å². The Morgan fingerprint density at radius 1 is 0.824 bits per heavy atom. The molecular weight excluding hydrogens is 435 g/mol. The molecule has 174 valence electrons. The lowest BCUT2D eigenvalue weighted by molar-refractivity contribution is -0.120. The molecule has 0 aliphatic carbocycles. The number of halogens is 1. The van der Waals surface area contributed by atoms with Crippen LogP contribution in [0.1, 0.15) is 25.8 Å². The van der Waals surface area contributed by atoms with Gasteiger partial charge in [-0.3, -0.25) is 9.59 Å². The summed E-state index contributed by atoms with van der Waals surface area (Å²) in [7, 11) is 0. The van der Waals surface area contributed by atoms with Crippen molar-refractivity contribution in [2.75, 3.05) is 23.4 Å². The molecule has 1 aliphatic heterocycles. The van der Waals surface area contributed by atoms with Gasteiger partial charge in [0.25, 0.3) is 11.8 Å². The molecule has 34 heavy (non-hydrogen) atoms.